The fraction of sp³-hybridized carbons (Fsp3) is 0.357. The second-order valence-electron chi connectivity index (χ2n) is 4.75. The zero-order valence-electron chi connectivity index (χ0n) is 10.1. The maximum Gasteiger partial charge on any atom is 0.0724 e. The van der Waals surface area contributed by atoms with E-state index >= 15 is 0 Å². The first-order chi connectivity index (χ1) is 8.27. The first kappa shape index (κ1) is 10.4. The Bertz CT molecular complexity index is 550. The number of pyridine rings is 1. The third-order valence-corrected chi connectivity index (χ3v) is 3.67. The third kappa shape index (κ3) is 1.62. The van der Waals surface area contributed by atoms with E-state index in [1.165, 1.54) is 12.8 Å². The molecule has 2 heterocycles. The molecule has 2 N–H and O–H groups in total. The van der Waals surface area contributed by atoms with E-state index in [0.717, 1.165) is 28.8 Å². The molecule has 0 bridgehead atoms. The highest BCUT2D eigenvalue weighted by Gasteiger charge is 2.22. The van der Waals surface area contributed by atoms with Crippen molar-refractivity contribution in [2.45, 2.75) is 25.8 Å². The van der Waals surface area contributed by atoms with Crippen molar-refractivity contribution in [3.63, 3.8) is 0 Å². The van der Waals surface area contributed by atoms with Gasteiger partial charge in [-0.05, 0) is 44.0 Å². The number of nitrogens with zero attached hydrogens (tertiary/aromatic N) is 2. The van der Waals surface area contributed by atoms with Gasteiger partial charge in [0.2, 0.25) is 0 Å². The van der Waals surface area contributed by atoms with Gasteiger partial charge >= 0.3 is 0 Å². The first-order valence-electron chi connectivity index (χ1n) is 6.17. The normalized spacial score (nSPS) is 20.1. The molecule has 1 aromatic carbocycles. The molecular weight excluding hydrogens is 210 g/mol. The Kier molecular flexibility index (Phi) is 2.39. The number of nitrogens with two attached hydrogens (primary N) is 1. The zero-order chi connectivity index (χ0) is 11.8. The van der Waals surface area contributed by atoms with E-state index in [0.29, 0.717) is 6.04 Å². The number of nitrogen functional groups attached to an aromatic ring is 1. The van der Waals surface area contributed by atoms with Crippen LogP contribution in [0.25, 0.3) is 10.9 Å². The Morgan fingerprint density at radius 2 is 2.24 bits per heavy atom. The number of hydrogen-bond donors (Lipinski definition) is 1. The summed E-state index contributed by atoms with van der Waals surface area (Å²) in [6, 6.07) is 8.74. The summed E-state index contributed by atoms with van der Waals surface area (Å²) in [5.74, 6) is 0. The standard InChI is InChI=1S/C14H17N3/c1-10-4-3-9-17(10)13-7-6-12-11(14(13)15)5-2-8-16-12/h2,5-8,10H,3-4,9,15H2,1H3. The van der Waals surface area contributed by atoms with Crippen LogP contribution in [0.1, 0.15) is 19.8 Å². The summed E-state index contributed by atoms with van der Waals surface area (Å²) in [6.45, 7) is 3.37. The minimum Gasteiger partial charge on any atom is -0.396 e. The topological polar surface area (TPSA) is 42.2 Å². The monoisotopic (exact) mass is 227 g/mol. The molecule has 1 saturated heterocycles. The molecule has 3 heteroatoms. The zero-order valence-corrected chi connectivity index (χ0v) is 10.1. The molecule has 88 valence electrons. The van der Waals surface area contributed by atoms with E-state index in [2.05, 4.69) is 28.9 Å². The highest BCUT2D eigenvalue weighted by molar-refractivity contribution is 5.97. The van der Waals surface area contributed by atoms with Gasteiger partial charge in [0, 0.05) is 24.2 Å². The molecule has 2 aromatic rings. The molecule has 17 heavy (non-hydrogen) atoms. The number of fused-ring (bicyclic) bond motifs is 1. The summed E-state index contributed by atoms with van der Waals surface area (Å²) in [6.07, 6.45) is 4.32. The molecule has 0 aliphatic carbocycles. The Balaban J connectivity index is 2.14. The molecule has 0 amide bonds. The van der Waals surface area contributed by atoms with Crippen LogP contribution in [0.4, 0.5) is 11.4 Å². The Morgan fingerprint density at radius 1 is 1.35 bits per heavy atom. The van der Waals surface area contributed by atoms with Crippen LogP contribution in [-0.4, -0.2) is 17.6 Å². The molecule has 0 spiro atoms. The smallest absolute Gasteiger partial charge is 0.0724 e. The van der Waals surface area contributed by atoms with Gasteiger partial charge in [-0.25, -0.2) is 0 Å². The number of benzene rings is 1. The number of anilines is 2. The van der Waals surface area contributed by atoms with Gasteiger partial charge in [0.25, 0.3) is 0 Å². The Morgan fingerprint density at radius 3 is 3.00 bits per heavy atom. The van der Waals surface area contributed by atoms with Crippen molar-refractivity contribution in [3.8, 4) is 0 Å². The van der Waals surface area contributed by atoms with Gasteiger partial charge in [-0.15, -0.1) is 0 Å². The summed E-state index contributed by atoms with van der Waals surface area (Å²) < 4.78 is 0. The van der Waals surface area contributed by atoms with Gasteiger partial charge in [-0.2, -0.15) is 0 Å². The van der Waals surface area contributed by atoms with Gasteiger partial charge < -0.3 is 10.6 Å². The van der Waals surface area contributed by atoms with Crippen molar-refractivity contribution in [1.29, 1.82) is 0 Å². The summed E-state index contributed by atoms with van der Waals surface area (Å²) in [5.41, 5.74) is 9.28. The highest BCUT2D eigenvalue weighted by atomic mass is 15.2. The second-order valence-corrected chi connectivity index (χ2v) is 4.75. The minimum atomic E-state index is 0.589. The molecule has 1 aliphatic rings. The van der Waals surface area contributed by atoms with Crippen LogP contribution in [0.5, 0.6) is 0 Å². The fourth-order valence-electron chi connectivity index (χ4n) is 2.71. The molecule has 1 unspecified atom stereocenters. The van der Waals surface area contributed by atoms with Crippen molar-refractivity contribution >= 4 is 22.3 Å². The van der Waals surface area contributed by atoms with Crippen molar-refractivity contribution in [2.24, 2.45) is 0 Å². The quantitative estimate of drug-likeness (QED) is 0.762. The van der Waals surface area contributed by atoms with Crippen LogP contribution in [-0.2, 0) is 0 Å². The predicted molar refractivity (Wildman–Crippen MR) is 72.2 cm³/mol. The van der Waals surface area contributed by atoms with Crippen molar-refractivity contribution in [1.82, 2.24) is 4.98 Å². The number of aromatic nitrogens is 1. The third-order valence-electron chi connectivity index (χ3n) is 3.67. The first-order valence-corrected chi connectivity index (χ1v) is 6.17. The van der Waals surface area contributed by atoms with Gasteiger partial charge in [0.1, 0.15) is 0 Å². The molecule has 3 nitrogen and oxygen atoms in total. The molecule has 3 rings (SSSR count). The van der Waals surface area contributed by atoms with E-state index in [4.69, 9.17) is 5.73 Å². The average molecular weight is 227 g/mol. The fourth-order valence-corrected chi connectivity index (χ4v) is 2.71. The van der Waals surface area contributed by atoms with Crippen LogP contribution in [0.2, 0.25) is 0 Å². The summed E-state index contributed by atoms with van der Waals surface area (Å²) >= 11 is 0. The largest absolute Gasteiger partial charge is 0.396 e. The predicted octanol–water partition coefficient (Wildman–Crippen LogP) is 2.81. The molecular formula is C14H17N3. The maximum absolute atomic E-state index is 6.28. The van der Waals surface area contributed by atoms with Gasteiger partial charge in [0.05, 0.1) is 16.9 Å². The van der Waals surface area contributed by atoms with Crippen LogP contribution in [0.3, 0.4) is 0 Å². The highest BCUT2D eigenvalue weighted by Crippen LogP contribution is 2.34. The van der Waals surface area contributed by atoms with E-state index in [-0.39, 0.29) is 0 Å². The van der Waals surface area contributed by atoms with E-state index in [9.17, 15) is 0 Å². The van der Waals surface area contributed by atoms with Crippen molar-refractivity contribution < 1.29 is 0 Å². The van der Waals surface area contributed by atoms with Crippen LogP contribution in [0.15, 0.2) is 30.5 Å². The van der Waals surface area contributed by atoms with Gasteiger partial charge in [-0.1, -0.05) is 0 Å². The van der Waals surface area contributed by atoms with Gasteiger partial charge in [-0.3, -0.25) is 4.98 Å². The minimum absolute atomic E-state index is 0.589. The summed E-state index contributed by atoms with van der Waals surface area (Å²) in [7, 11) is 0. The summed E-state index contributed by atoms with van der Waals surface area (Å²) in [4.78, 5) is 6.73. The van der Waals surface area contributed by atoms with E-state index in [1.807, 2.05) is 12.1 Å². The SMILES string of the molecule is CC1CCCN1c1ccc2ncccc2c1N. The molecule has 1 fully saturated rings. The van der Waals surface area contributed by atoms with Crippen LogP contribution in [0, 0.1) is 0 Å². The maximum atomic E-state index is 6.28. The molecule has 0 saturated carbocycles. The lowest BCUT2D eigenvalue weighted by molar-refractivity contribution is 0.736. The summed E-state index contributed by atoms with van der Waals surface area (Å²) in [5, 5.41) is 1.06. The van der Waals surface area contributed by atoms with Crippen molar-refractivity contribution in [3.05, 3.63) is 30.5 Å². The molecule has 1 aliphatic heterocycles. The van der Waals surface area contributed by atoms with Crippen LogP contribution >= 0.6 is 0 Å². The molecule has 1 atom stereocenters. The lowest BCUT2D eigenvalue weighted by atomic mass is 10.1. The van der Waals surface area contributed by atoms with Crippen LogP contribution < -0.4 is 10.6 Å². The Labute approximate surface area is 101 Å². The molecule has 1 aromatic heterocycles. The lowest BCUT2D eigenvalue weighted by Crippen LogP contribution is -2.27. The average Bonchev–Trinajstić information content (AvgIpc) is 2.76. The molecule has 0 radical (unpaired) electrons. The lowest BCUT2D eigenvalue weighted by Gasteiger charge is -2.25. The van der Waals surface area contributed by atoms with E-state index in [1.54, 1.807) is 6.20 Å². The van der Waals surface area contributed by atoms with Gasteiger partial charge in [0.15, 0.2) is 0 Å². The second kappa shape index (κ2) is 3.91. The van der Waals surface area contributed by atoms with Crippen molar-refractivity contribution in [2.75, 3.05) is 17.2 Å². The number of rotatable bonds is 1. The Hall–Kier alpha value is -1.77. The number of hydrogen-bond acceptors (Lipinski definition) is 3. The van der Waals surface area contributed by atoms with E-state index < -0.39 is 0 Å².